The molecular weight excluding hydrogens is 350 g/mol. The fourth-order valence-electron chi connectivity index (χ4n) is 1.06. The molecule has 0 saturated heterocycles. The lowest BCUT2D eigenvalue weighted by Crippen LogP contribution is -2.28. The van der Waals surface area contributed by atoms with Crippen LogP contribution in [0.15, 0.2) is 14.3 Å². The Morgan fingerprint density at radius 1 is 1.67 bits per heavy atom. The molecule has 1 amide bonds. The van der Waals surface area contributed by atoms with Gasteiger partial charge in [0.05, 0.1) is 3.79 Å². The van der Waals surface area contributed by atoms with Crippen molar-refractivity contribution in [3.8, 4) is 0 Å². The summed E-state index contributed by atoms with van der Waals surface area (Å²) in [6.45, 7) is 0. The summed E-state index contributed by atoms with van der Waals surface area (Å²) >= 11 is 7.83. The third kappa shape index (κ3) is 2.79. The number of rotatable bonds is 4. The second kappa shape index (κ2) is 5.09. The van der Waals surface area contributed by atoms with E-state index in [1.54, 1.807) is 6.07 Å². The fraction of sp³-hybridized carbons (Fsp3) is 0.250. The molecule has 7 heteroatoms. The number of nitrogens with zero attached hydrogens (tertiary/aromatic N) is 1. The van der Waals surface area contributed by atoms with Gasteiger partial charge in [-0.2, -0.15) is 0 Å². The zero-order chi connectivity index (χ0) is 11.6. The molecule has 1 aromatic heterocycles. The van der Waals surface area contributed by atoms with E-state index < -0.39 is 12.0 Å². The number of hydrogen-bond acceptors (Lipinski definition) is 3. The number of carboxylic acids is 1. The second-order valence-corrected chi connectivity index (χ2v) is 6.04. The average Bonchev–Trinajstić information content (AvgIpc) is 2.46. The molecular formula is C8H7Br2NO3S. The van der Waals surface area contributed by atoms with Gasteiger partial charge in [0.1, 0.15) is 0 Å². The maximum atomic E-state index is 11.0. The molecule has 0 aliphatic heterocycles. The van der Waals surface area contributed by atoms with Gasteiger partial charge in [-0.15, -0.1) is 11.3 Å². The van der Waals surface area contributed by atoms with Crippen LogP contribution in [0.4, 0.5) is 0 Å². The summed E-state index contributed by atoms with van der Waals surface area (Å²) in [7, 11) is 1.44. The number of carboxylic acid groups (broad SMARTS) is 1. The summed E-state index contributed by atoms with van der Waals surface area (Å²) in [5, 5.41) is 9.00. The molecule has 0 saturated carbocycles. The van der Waals surface area contributed by atoms with Gasteiger partial charge in [-0.05, 0) is 37.9 Å². The minimum absolute atomic E-state index is 0.500. The van der Waals surface area contributed by atoms with Crippen LogP contribution >= 0.6 is 43.2 Å². The Labute approximate surface area is 107 Å². The van der Waals surface area contributed by atoms with Crippen LogP contribution in [0.2, 0.25) is 0 Å². The maximum absolute atomic E-state index is 11.0. The molecule has 0 aliphatic rings. The Hall–Kier alpha value is -0.400. The van der Waals surface area contributed by atoms with Crippen molar-refractivity contribution < 1.29 is 14.7 Å². The SMILES string of the molecule is CN(C=O)C(C(=O)O)c1cc(Br)c(Br)s1. The highest BCUT2D eigenvalue weighted by atomic mass is 79.9. The topological polar surface area (TPSA) is 57.6 Å². The van der Waals surface area contributed by atoms with E-state index in [2.05, 4.69) is 31.9 Å². The van der Waals surface area contributed by atoms with E-state index in [9.17, 15) is 9.59 Å². The minimum atomic E-state index is -1.05. The van der Waals surface area contributed by atoms with E-state index >= 15 is 0 Å². The Kier molecular flexibility index (Phi) is 4.30. The first kappa shape index (κ1) is 12.7. The zero-order valence-electron chi connectivity index (χ0n) is 7.61. The van der Waals surface area contributed by atoms with Crippen LogP contribution in [0.1, 0.15) is 10.9 Å². The number of hydrogen-bond donors (Lipinski definition) is 1. The van der Waals surface area contributed by atoms with Crippen LogP contribution in [0, 0.1) is 0 Å². The first-order chi connectivity index (χ1) is 6.97. The normalized spacial score (nSPS) is 12.2. The van der Waals surface area contributed by atoms with Gasteiger partial charge in [0.15, 0.2) is 6.04 Å². The van der Waals surface area contributed by atoms with Gasteiger partial charge in [-0.3, -0.25) is 4.79 Å². The van der Waals surface area contributed by atoms with E-state index in [1.807, 2.05) is 0 Å². The van der Waals surface area contributed by atoms with Crippen LogP contribution in [-0.2, 0) is 9.59 Å². The monoisotopic (exact) mass is 355 g/mol. The lowest BCUT2D eigenvalue weighted by molar-refractivity contribution is -0.145. The molecule has 1 rings (SSSR count). The third-order valence-electron chi connectivity index (χ3n) is 1.74. The van der Waals surface area contributed by atoms with E-state index in [4.69, 9.17) is 5.11 Å². The molecule has 1 heterocycles. The summed E-state index contributed by atoms with van der Waals surface area (Å²) in [5.74, 6) is -1.05. The summed E-state index contributed by atoms with van der Waals surface area (Å²) in [6, 6.07) is 0.753. The van der Waals surface area contributed by atoms with Gasteiger partial charge in [-0.25, -0.2) is 4.79 Å². The van der Waals surface area contributed by atoms with Gasteiger partial charge in [0.25, 0.3) is 0 Å². The van der Waals surface area contributed by atoms with Crippen molar-refractivity contribution >= 4 is 55.6 Å². The highest BCUT2D eigenvalue weighted by molar-refractivity contribution is 9.13. The predicted molar refractivity (Wildman–Crippen MR) is 63.9 cm³/mol. The maximum Gasteiger partial charge on any atom is 0.331 e. The van der Waals surface area contributed by atoms with E-state index in [1.165, 1.54) is 18.4 Å². The smallest absolute Gasteiger partial charge is 0.331 e. The van der Waals surface area contributed by atoms with Gasteiger partial charge in [-0.1, -0.05) is 0 Å². The van der Waals surface area contributed by atoms with E-state index in [-0.39, 0.29) is 0 Å². The second-order valence-electron chi connectivity index (χ2n) is 2.78. The number of halogens is 2. The lowest BCUT2D eigenvalue weighted by Gasteiger charge is -2.18. The molecule has 82 valence electrons. The van der Waals surface area contributed by atoms with Crippen LogP contribution < -0.4 is 0 Å². The minimum Gasteiger partial charge on any atom is -0.479 e. The molecule has 1 N–H and O–H groups in total. The van der Waals surface area contributed by atoms with Crippen molar-refractivity contribution in [1.82, 2.24) is 4.90 Å². The average molecular weight is 357 g/mol. The Morgan fingerprint density at radius 3 is 2.60 bits per heavy atom. The highest BCUT2D eigenvalue weighted by Crippen LogP contribution is 2.36. The van der Waals surface area contributed by atoms with Gasteiger partial charge >= 0.3 is 5.97 Å². The summed E-state index contributed by atoms with van der Waals surface area (Å²) in [5.41, 5.74) is 0. The Bertz CT molecular complexity index is 374. The molecule has 1 aromatic rings. The predicted octanol–water partition coefficient (Wildman–Crippen LogP) is 2.49. The van der Waals surface area contributed by atoms with Crippen molar-refractivity contribution in [3.63, 3.8) is 0 Å². The molecule has 0 radical (unpaired) electrons. The van der Waals surface area contributed by atoms with Gasteiger partial charge < -0.3 is 10.0 Å². The van der Waals surface area contributed by atoms with Gasteiger partial charge in [0.2, 0.25) is 6.41 Å². The molecule has 0 spiro atoms. The summed E-state index contributed by atoms with van der Waals surface area (Å²) in [6.07, 6.45) is 0.500. The number of thiophene rings is 1. The largest absolute Gasteiger partial charge is 0.479 e. The molecule has 0 bridgehead atoms. The van der Waals surface area contributed by atoms with Gasteiger partial charge in [0, 0.05) is 16.4 Å². The zero-order valence-corrected chi connectivity index (χ0v) is 11.6. The number of carbonyl (C=O) groups is 2. The molecule has 0 fully saturated rings. The van der Waals surface area contributed by atoms with E-state index in [0.29, 0.717) is 11.3 Å². The summed E-state index contributed by atoms with van der Waals surface area (Å²) in [4.78, 5) is 23.3. The van der Waals surface area contributed by atoms with Crippen molar-refractivity contribution in [2.24, 2.45) is 0 Å². The standard InChI is InChI=1S/C8H7Br2NO3S/c1-11(3-12)6(8(13)14)5-2-4(9)7(10)15-5/h2-3,6H,1H3,(H,13,14). The molecule has 1 unspecified atom stereocenters. The first-order valence-corrected chi connectivity index (χ1v) is 6.22. The lowest BCUT2D eigenvalue weighted by atomic mass is 10.2. The number of likely N-dealkylation sites (N-methyl/N-ethyl adjacent to an activating group) is 1. The molecule has 0 aromatic carbocycles. The highest BCUT2D eigenvalue weighted by Gasteiger charge is 2.26. The third-order valence-corrected chi connectivity index (χ3v) is 5.05. The number of aliphatic carboxylic acids is 1. The van der Waals surface area contributed by atoms with Crippen molar-refractivity contribution in [3.05, 3.63) is 19.2 Å². The molecule has 15 heavy (non-hydrogen) atoms. The van der Waals surface area contributed by atoms with Crippen LogP contribution in [0.25, 0.3) is 0 Å². The number of amides is 1. The van der Waals surface area contributed by atoms with Crippen LogP contribution in [0.5, 0.6) is 0 Å². The molecule has 0 aliphatic carbocycles. The number of carbonyl (C=O) groups excluding carboxylic acids is 1. The van der Waals surface area contributed by atoms with E-state index in [0.717, 1.165) is 13.2 Å². The fourth-order valence-corrected chi connectivity index (χ4v) is 3.29. The van der Waals surface area contributed by atoms with Crippen LogP contribution in [-0.4, -0.2) is 29.4 Å². The van der Waals surface area contributed by atoms with Crippen molar-refractivity contribution in [2.75, 3.05) is 7.05 Å². The van der Waals surface area contributed by atoms with Crippen molar-refractivity contribution in [1.29, 1.82) is 0 Å². The molecule has 1 atom stereocenters. The quantitative estimate of drug-likeness (QED) is 0.843. The Morgan fingerprint density at radius 2 is 2.27 bits per heavy atom. The van der Waals surface area contributed by atoms with Crippen molar-refractivity contribution in [2.45, 2.75) is 6.04 Å². The molecule has 4 nitrogen and oxygen atoms in total. The van der Waals surface area contributed by atoms with Crippen LogP contribution in [0.3, 0.4) is 0 Å². The first-order valence-electron chi connectivity index (χ1n) is 3.82. The summed E-state index contributed by atoms with van der Waals surface area (Å²) < 4.78 is 1.59. The Balaban J connectivity index is 3.09.